The highest BCUT2D eigenvalue weighted by Crippen LogP contribution is 2.48. The van der Waals surface area contributed by atoms with Gasteiger partial charge in [0.05, 0.1) is 18.6 Å². The molecule has 0 aromatic heterocycles. The lowest BCUT2D eigenvalue weighted by Crippen LogP contribution is -2.45. The topological polar surface area (TPSA) is 49.8 Å². The third kappa shape index (κ3) is 2.23. The lowest BCUT2D eigenvalue weighted by Gasteiger charge is -2.42. The molecule has 1 saturated carbocycles. The first-order valence-corrected chi connectivity index (χ1v) is 7.79. The molecule has 108 valence electrons. The first-order valence-electron chi connectivity index (χ1n) is 7.00. The number of carbonyl (C=O) groups is 1. The van der Waals surface area contributed by atoms with Gasteiger partial charge in [-0.2, -0.15) is 0 Å². The van der Waals surface area contributed by atoms with Crippen molar-refractivity contribution in [2.24, 2.45) is 0 Å². The van der Waals surface area contributed by atoms with E-state index in [1.54, 1.807) is 0 Å². The van der Waals surface area contributed by atoms with Crippen molar-refractivity contribution in [1.82, 2.24) is 0 Å². The fourth-order valence-electron chi connectivity index (χ4n) is 3.10. The summed E-state index contributed by atoms with van der Waals surface area (Å²) in [5, 5.41) is 9.69. The monoisotopic (exact) mass is 339 g/mol. The van der Waals surface area contributed by atoms with Gasteiger partial charge in [-0.1, -0.05) is 22.4 Å². The zero-order valence-corrected chi connectivity index (χ0v) is 12.9. The van der Waals surface area contributed by atoms with E-state index in [1.165, 1.54) is 0 Å². The van der Waals surface area contributed by atoms with Crippen LogP contribution < -0.4 is 4.90 Å². The first-order chi connectivity index (χ1) is 9.63. The lowest BCUT2D eigenvalue weighted by atomic mass is 9.64. The van der Waals surface area contributed by atoms with Gasteiger partial charge in [0.2, 0.25) is 0 Å². The summed E-state index contributed by atoms with van der Waals surface area (Å²) in [4.78, 5) is 14.0. The molecule has 3 rings (SSSR count). The van der Waals surface area contributed by atoms with Gasteiger partial charge in [0.25, 0.3) is 0 Å². The SMILES string of the molecule is O=C(O)C1(c2cc(Br)ccc2N2CCOCC2)CCC1. The Bertz CT molecular complexity index is 522. The van der Waals surface area contributed by atoms with Crippen LogP contribution in [0.2, 0.25) is 0 Å². The predicted molar refractivity (Wildman–Crippen MR) is 80.3 cm³/mol. The largest absolute Gasteiger partial charge is 0.481 e. The summed E-state index contributed by atoms with van der Waals surface area (Å²) in [6.45, 7) is 3.06. The average Bonchev–Trinajstić information content (AvgIpc) is 2.38. The number of halogens is 1. The smallest absolute Gasteiger partial charge is 0.314 e. The van der Waals surface area contributed by atoms with Crippen molar-refractivity contribution in [2.75, 3.05) is 31.2 Å². The zero-order valence-electron chi connectivity index (χ0n) is 11.3. The molecule has 2 fully saturated rings. The van der Waals surface area contributed by atoms with E-state index in [9.17, 15) is 9.90 Å². The van der Waals surface area contributed by atoms with Crippen LogP contribution in [-0.2, 0) is 14.9 Å². The highest BCUT2D eigenvalue weighted by atomic mass is 79.9. The minimum absolute atomic E-state index is 0.697. The molecule has 1 saturated heterocycles. The van der Waals surface area contributed by atoms with Crippen molar-refractivity contribution in [3.8, 4) is 0 Å². The van der Waals surface area contributed by atoms with Crippen LogP contribution in [0.15, 0.2) is 22.7 Å². The Kier molecular flexibility index (Phi) is 3.73. The van der Waals surface area contributed by atoms with Crippen molar-refractivity contribution < 1.29 is 14.6 Å². The second-order valence-corrected chi connectivity index (χ2v) is 6.42. The van der Waals surface area contributed by atoms with E-state index < -0.39 is 11.4 Å². The molecule has 4 nitrogen and oxygen atoms in total. The van der Waals surface area contributed by atoms with Crippen molar-refractivity contribution >= 4 is 27.6 Å². The lowest BCUT2D eigenvalue weighted by molar-refractivity contribution is -0.147. The van der Waals surface area contributed by atoms with Gasteiger partial charge >= 0.3 is 5.97 Å². The predicted octanol–water partition coefficient (Wildman–Crippen LogP) is 2.79. The maximum atomic E-state index is 11.8. The maximum Gasteiger partial charge on any atom is 0.314 e. The number of aliphatic carboxylic acids is 1. The van der Waals surface area contributed by atoms with Gasteiger partial charge in [-0.05, 0) is 36.6 Å². The van der Waals surface area contributed by atoms with E-state index in [2.05, 4.69) is 20.8 Å². The molecule has 0 spiro atoms. The average molecular weight is 340 g/mol. The summed E-state index contributed by atoms with van der Waals surface area (Å²) in [6, 6.07) is 6.01. The molecule has 2 aliphatic rings. The van der Waals surface area contributed by atoms with Crippen molar-refractivity contribution in [2.45, 2.75) is 24.7 Å². The Labute approximate surface area is 126 Å². The summed E-state index contributed by atoms with van der Waals surface area (Å²) in [5.41, 5.74) is 1.31. The normalized spacial score (nSPS) is 21.4. The number of rotatable bonds is 3. The number of benzene rings is 1. The van der Waals surface area contributed by atoms with E-state index in [4.69, 9.17) is 4.74 Å². The first kappa shape index (κ1) is 13.9. The Hall–Kier alpha value is -1.07. The minimum Gasteiger partial charge on any atom is -0.481 e. The molecule has 0 amide bonds. The highest BCUT2D eigenvalue weighted by molar-refractivity contribution is 9.10. The number of anilines is 1. The molecule has 5 heteroatoms. The van der Waals surface area contributed by atoms with Crippen molar-refractivity contribution in [3.05, 3.63) is 28.2 Å². The van der Waals surface area contributed by atoms with Crippen molar-refractivity contribution in [3.63, 3.8) is 0 Å². The van der Waals surface area contributed by atoms with Gasteiger partial charge in [-0.15, -0.1) is 0 Å². The molecule has 0 atom stereocenters. The Morgan fingerprint density at radius 1 is 1.30 bits per heavy atom. The molecule has 1 heterocycles. The number of ether oxygens (including phenoxy) is 1. The molecular formula is C15H18BrNO3. The third-order valence-corrected chi connectivity index (χ3v) is 4.94. The fraction of sp³-hybridized carbons (Fsp3) is 0.533. The van der Waals surface area contributed by atoms with Crippen LogP contribution in [0.25, 0.3) is 0 Å². The summed E-state index contributed by atoms with van der Waals surface area (Å²) in [5.74, 6) is -0.698. The second-order valence-electron chi connectivity index (χ2n) is 5.50. The maximum absolute atomic E-state index is 11.8. The summed E-state index contributed by atoms with van der Waals surface area (Å²) >= 11 is 3.48. The molecule has 0 unspecified atom stereocenters. The van der Waals surface area contributed by atoms with Crippen LogP contribution in [0.5, 0.6) is 0 Å². The molecule has 1 aromatic rings. The van der Waals surface area contributed by atoms with Crippen molar-refractivity contribution in [1.29, 1.82) is 0 Å². The highest BCUT2D eigenvalue weighted by Gasteiger charge is 2.47. The summed E-state index contributed by atoms with van der Waals surface area (Å²) < 4.78 is 6.33. The van der Waals surface area contributed by atoms with Gasteiger partial charge in [-0.3, -0.25) is 4.79 Å². The number of nitrogens with zero attached hydrogens (tertiary/aromatic N) is 1. The van der Waals surface area contributed by atoms with Crippen LogP contribution >= 0.6 is 15.9 Å². The second kappa shape index (κ2) is 5.37. The van der Waals surface area contributed by atoms with E-state index in [0.717, 1.165) is 48.1 Å². The number of carboxylic acid groups (broad SMARTS) is 1. The van der Waals surface area contributed by atoms with E-state index in [1.807, 2.05) is 18.2 Å². The third-order valence-electron chi connectivity index (χ3n) is 4.44. The summed E-state index contributed by atoms with van der Waals surface area (Å²) in [6.07, 6.45) is 2.45. The van der Waals surface area contributed by atoms with E-state index >= 15 is 0 Å². The zero-order chi connectivity index (χ0) is 14.2. The quantitative estimate of drug-likeness (QED) is 0.919. The standard InChI is InChI=1S/C15H18BrNO3/c16-11-2-3-13(17-6-8-20-9-7-17)12(10-11)15(14(18)19)4-1-5-15/h2-3,10H,1,4-9H2,(H,18,19). The van der Waals surface area contributed by atoms with Crippen LogP contribution in [0.3, 0.4) is 0 Å². The summed E-state index contributed by atoms with van der Waals surface area (Å²) in [7, 11) is 0. The molecule has 20 heavy (non-hydrogen) atoms. The van der Waals surface area contributed by atoms with E-state index in [0.29, 0.717) is 13.2 Å². The molecule has 0 bridgehead atoms. The van der Waals surface area contributed by atoms with Crippen LogP contribution in [0.1, 0.15) is 24.8 Å². The Morgan fingerprint density at radius 2 is 2.00 bits per heavy atom. The molecule has 1 aliphatic heterocycles. The van der Waals surface area contributed by atoms with Gasteiger partial charge in [0.15, 0.2) is 0 Å². The van der Waals surface area contributed by atoms with Gasteiger partial charge < -0.3 is 14.7 Å². The number of hydrogen-bond acceptors (Lipinski definition) is 3. The van der Waals surface area contributed by atoms with Gasteiger partial charge in [0.1, 0.15) is 0 Å². The Balaban J connectivity index is 2.04. The molecule has 1 aliphatic carbocycles. The van der Waals surface area contributed by atoms with Gasteiger partial charge in [0, 0.05) is 23.2 Å². The Morgan fingerprint density at radius 3 is 2.55 bits per heavy atom. The van der Waals surface area contributed by atoms with Crippen LogP contribution in [0.4, 0.5) is 5.69 Å². The number of hydrogen-bond donors (Lipinski definition) is 1. The molecular weight excluding hydrogens is 322 g/mol. The van der Waals surface area contributed by atoms with Crippen LogP contribution in [-0.4, -0.2) is 37.4 Å². The molecule has 0 radical (unpaired) electrons. The number of carboxylic acids is 1. The minimum atomic E-state index is -0.698. The number of morpholine rings is 1. The van der Waals surface area contributed by atoms with Crippen LogP contribution in [0, 0.1) is 0 Å². The molecule has 1 aromatic carbocycles. The van der Waals surface area contributed by atoms with Gasteiger partial charge in [-0.25, -0.2) is 0 Å². The fourth-order valence-corrected chi connectivity index (χ4v) is 3.46. The van der Waals surface area contributed by atoms with E-state index in [-0.39, 0.29) is 0 Å². The molecule has 1 N–H and O–H groups in total.